The van der Waals surface area contributed by atoms with Crippen molar-refractivity contribution in [2.24, 2.45) is 5.92 Å². The van der Waals surface area contributed by atoms with Crippen LogP contribution in [0, 0.1) is 5.92 Å². The number of ether oxygens (including phenoxy) is 1. The van der Waals surface area contributed by atoms with Crippen molar-refractivity contribution in [2.45, 2.75) is 26.2 Å². The molecular weight excluding hydrogens is 274 g/mol. The molecule has 1 aliphatic heterocycles. The Hall–Kier alpha value is -1.87. The van der Waals surface area contributed by atoms with Gasteiger partial charge >= 0.3 is 0 Å². The highest BCUT2D eigenvalue weighted by Gasteiger charge is 2.27. The van der Waals surface area contributed by atoms with Crippen molar-refractivity contribution in [3.05, 3.63) is 42.5 Å². The van der Waals surface area contributed by atoms with Gasteiger partial charge in [-0.05, 0) is 30.7 Å². The van der Waals surface area contributed by atoms with Gasteiger partial charge in [-0.2, -0.15) is 0 Å². The highest BCUT2D eigenvalue weighted by atomic mass is 16.5. The van der Waals surface area contributed by atoms with Crippen LogP contribution >= 0.6 is 0 Å². The first-order valence-corrected chi connectivity index (χ1v) is 8.18. The van der Waals surface area contributed by atoms with E-state index >= 15 is 0 Å². The normalized spacial score (nSPS) is 15.9. The summed E-state index contributed by atoms with van der Waals surface area (Å²) in [7, 11) is 0. The predicted molar refractivity (Wildman–Crippen MR) is 90.1 cm³/mol. The van der Waals surface area contributed by atoms with E-state index in [9.17, 15) is 4.79 Å². The number of carbonyl (C=O) groups excluding carboxylic acids is 1. The van der Waals surface area contributed by atoms with Crippen LogP contribution in [0.2, 0.25) is 0 Å². The van der Waals surface area contributed by atoms with Crippen LogP contribution in [0.15, 0.2) is 42.5 Å². The molecule has 116 valence electrons. The number of rotatable bonds is 4. The second-order valence-electron chi connectivity index (χ2n) is 5.87. The summed E-state index contributed by atoms with van der Waals surface area (Å²) in [6.07, 6.45) is 2.63. The fourth-order valence-electron chi connectivity index (χ4n) is 3.18. The molecule has 1 amide bonds. The van der Waals surface area contributed by atoms with E-state index in [1.165, 1.54) is 5.39 Å². The molecule has 2 aromatic carbocycles. The molecule has 0 radical (unpaired) electrons. The Labute approximate surface area is 131 Å². The molecule has 0 aromatic heterocycles. The lowest BCUT2D eigenvalue weighted by Crippen LogP contribution is -2.39. The molecule has 1 aliphatic rings. The first-order valence-electron chi connectivity index (χ1n) is 8.18. The standard InChI is InChI=1S/C19H23NO2/c1-2-12-20(19(21)16-10-13-22-14-11-16)18-9-5-7-15-6-3-4-8-17(15)18/h3-9,16H,2,10-14H2,1H3. The molecule has 1 heterocycles. The molecule has 0 spiro atoms. The number of carbonyl (C=O) groups is 1. The minimum Gasteiger partial charge on any atom is -0.381 e. The van der Waals surface area contributed by atoms with Crippen molar-refractivity contribution in [1.29, 1.82) is 0 Å². The number of hydrogen-bond acceptors (Lipinski definition) is 2. The van der Waals surface area contributed by atoms with Crippen LogP contribution in [0.3, 0.4) is 0 Å². The van der Waals surface area contributed by atoms with Crippen molar-refractivity contribution in [3.8, 4) is 0 Å². The molecule has 22 heavy (non-hydrogen) atoms. The van der Waals surface area contributed by atoms with Gasteiger partial charge in [0.2, 0.25) is 5.91 Å². The predicted octanol–water partition coefficient (Wildman–Crippen LogP) is 4.01. The molecule has 1 saturated heterocycles. The van der Waals surface area contributed by atoms with Crippen LogP contribution < -0.4 is 4.90 Å². The first kappa shape index (κ1) is 15.0. The van der Waals surface area contributed by atoms with E-state index in [0.717, 1.165) is 36.9 Å². The fourth-order valence-corrected chi connectivity index (χ4v) is 3.18. The third kappa shape index (κ3) is 3.00. The smallest absolute Gasteiger partial charge is 0.230 e. The highest BCUT2D eigenvalue weighted by Crippen LogP contribution is 2.29. The zero-order chi connectivity index (χ0) is 15.4. The van der Waals surface area contributed by atoms with Gasteiger partial charge < -0.3 is 9.64 Å². The van der Waals surface area contributed by atoms with Gasteiger partial charge in [-0.3, -0.25) is 4.79 Å². The third-order valence-electron chi connectivity index (χ3n) is 4.34. The fraction of sp³-hybridized carbons (Fsp3) is 0.421. The van der Waals surface area contributed by atoms with E-state index in [1.54, 1.807) is 0 Å². The second kappa shape index (κ2) is 6.93. The van der Waals surface area contributed by atoms with Crippen LogP contribution in [0.4, 0.5) is 5.69 Å². The third-order valence-corrected chi connectivity index (χ3v) is 4.34. The van der Waals surface area contributed by atoms with Crippen molar-refractivity contribution in [1.82, 2.24) is 0 Å². The summed E-state index contributed by atoms with van der Waals surface area (Å²) in [5, 5.41) is 2.33. The first-order chi connectivity index (χ1) is 10.8. The van der Waals surface area contributed by atoms with Crippen molar-refractivity contribution < 1.29 is 9.53 Å². The summed E-state index contributed by atoms with van der Waals surface area (Å²) in [5.74, 6) is 0.348. The highest BCUT2D eigenvalue weighted by molar-refractivity contribution is 6.04. The van der Waals surface area contributed by atoms with Crippen LogP contribution in [0.5, 0.6) is 0 Å². The molecule has 0 saturated carbocycles. The maximum atomic E-state index is 13.0. The number of anilines is 1. The molecule has 0 unspecified atom stereocenters. The average Bonchev–Trinajstić information content (AvgIpc) is 2.59. The number of benzene rings is 2. The number of nitrogens with zero attached hydrogens (tertiary/aromatic N) is 1. The quantitative estimate of drug-likeness (QED) is 0.853. The van der Waals surface area contributed by atoms with Crippen LogP contribution in [-0.2, 0) is 9.53 Å². The van der Waals surface area contributed by atoms with Crippen molar-refractivity contribution in [3.63, 3.8) is 0 Å². The Kier molecular flexibility index (Phi) is 4.74. The molecule has 3 rings (SSSR count). The van der Waals surface area contributed by atoms with E-state index in [0.29, 0.717) is 13.2 Å². The lowest BCUT2D eigenvalue weighted by molar-refractivity contribution is -0.125. The Balaban J connectivity index is 1.97. The van der Waals surface area contributed by atoms with Crippen LogP contribution in [0.25, 0.3) is 10.8 Å². The lowest BCUT2D eigenvalue weighted by Gasteiger charge is -2.30. The summed E-state index contributed by atoms with van der Waals surface area (Å²) >= 11 is 0. The zero-order valence-corrected chi connectivity index (χ0v) is 13.1. The molecule has 3 heteroatoms. The summed E-state index contributed by atoms with van der Waals surface area (Å²) in [6, 6.07) is 14.5. The summed E-state index contributed by atoms with van der Waals surface area (Å²) in [6.45, 7) is 4.29. The molecule has 0 N–H and O–H groups in total. The SMILES string of the molecule is CCCN(C(=O)C1CCOCC1)c1cccc2ccccc12. The summed E-state index contributed by atoms with van der Waals surface area (Å²) in [4.78, 5) is 15.0. The van der Waals surface area contributed by atoms with Crippen molar-refractivity contribution >= 4 is 22.4 Å². The summed E-state index contributed by atoms with van der Waals surface area (Å²) < 4.78 is 5.39. The minimum absolute atomic E-state index is 0.0965. The Bertz CT molecular complexity index is 641. The molecular formula is C19H23NO2. The van der Waals surface area contributed by atoms with E-state index in [2.05, 4.69) is 31.2 Å². The summed E-state index contributed by atoms with van der Waals surface area (Å²) in [5.41, 5.74) is 1.04. The molecule has 0 atom stereocenters. The molecule has 0 aliphatic carbocycles. The van der Waals surface area contributed by atoms with E-state index in [4.69, 9.17) is 4.74 Å². The Morgan fingerprint density at radius 3 is 2.64 bits per heavy atom. The van der Waals surface area contributed by atoms with Crippen LogP contribution in [0.1, 0.15) is 26.2 Å². The van der Waals surface area contributed by atoms with Gasteiger partial charge in [0.05, 0.1) is 5.69 Å². The number of fused-ring (bicyclic) bond motifs is 1. The van der Waals surface area contributed by atoms with E-state index in [-0.39, 0.29) is 11.8 Å². The average molecular weight is 297 g/mol. The number of amides is 1. The van der Waals surface area contributed by atoms with Gasteiger partial charge in [-0.25, -0.2) is 0 Å². The van der Waals surface area contributed by atoms with Crippen molar-refractivity contribution in [2.75, 3.05) is 24.7 Å². The topological polar surface area (TPSA) is 29.5 Å². The monoisotopic (exact) mass is 297 g/mol. The number of hydrogen-bond donors (Lipinski definition) is 0. The van der Waals surface area contributed by atoms with Gasteiger partial charge in [0, 0.05) is 31.1 Å². The maximum Gasteiger partial charge on any atom is 0.230 e. The molecule has 2 aromatic rings. The van der Waals surface area contributed by atoms with Gasteiger partial charge in [0.1, 0.15) is 0 Å². The molecule has 1 fully saturated rings. The van der Waals surface area contributed by atoms with Crippen LogP contribution in [-0.4, -0.2) is 25.7 Å². The van der Waals surface area contributed by atoms with Gasteiger partial charge in [0.25, 0.3) is 0 Å². The maximum absolute atomic E-state index is 13.0. The van der Waals surface area contributed by atoms with Gasteiger partial charge in [-0.15, -0.1) is 0 Å². The Morgan fingerprint density at radius 1 is 1.14 bits per heavy atom. The zero-order valence-electron chi connectivity index (χ0n) is 13.1. The Morgan fingerprint density at radius 2 is 1.86 bits per heavy atom. The van der Waals surface area contributed by atoms with E-state index in [1.807, 2.05) is 23.1 Å². The largest absolute Gasteiger partial charge is 0.381 e. The van der Waals surface area contributed by atoms with E-state index < -0.39 is 0 Å². The van der Waals surface area contributed by atoms with Gasteiger partial charge in [-0.1, -0.05) is 43.3 Å². The molecule has 3 nitrogen and oxygen atoms in total. The molecule has 0 bridgehead atoms. The lowest BCUT2D eigenvalue weighted by atomic mass is 9.97. The minimum atomic E-state index is 0.0965. The van der Waals surface area contributed by atoms with Gasteiger partial charge in [0.15, 0.2) is 0 Å². The second-order valence-corrected chi connectivity index (χ2v) is 5.87.